The molecule has 0 saturated heterocycles. The van der Waals surface area contributed by atoms with Crippen LogP contribution in [0.3, 0.4) is 0 Å². The molecule has 2 unspecified atom stereocenters. The molecule has 1 rings (SSSR count). The van der Waals surface area contributed by atoms with Gasteiger partial charge in [-0.25, -0.2) is 4.79 Å². The summed E-state index contributed by atoms with van der Waals surface area (Å²) in [4.78, 5) is 13.9. The first kappa shape index (κ1) is 17.5. The smallest absolute Gasteiger partial charge is 0.319 e. The Morgan fingerprint density at radius 2 is 1.81 bits per heavy atom. The number of hydrogen-bond donors (Lipinski definition) is 3. The van der Waals surface area contributed by atoms with E-state index >= 15 is 0 Å². The summed E-state index contributed by atoms with van der Waals surface area (Å²) in [5, 5.41) is 9.07. The third kappa shape index (κ3) is 6.14. The van der Waals surface area contributed by atoms with Crippen molar-refractivity contribution < 1.29 is 4.79 Å². The van der Waals surface area contributed by atoms with Crippen molar-refractivity contribution in [1.29, 1.82) is 0 Å². The predicted molar refractivity (Wildman–Crippen MR) is 88.7 cm³/mol. The van der Waals surface area contributed by atoms with Gasteiger partial charge in [-0.1, -0.05) is 19.1 Å². The molecule has 0 fully saturated rings. The molecule has 1 aromatic carbocycles. The molecule has 21 heavy (non-hydrogen) atoms. The summed E-state index contributed by atoms with van der Waals surface area (Å²) in [6, 6.07) is 8.38. The molecule has 0 radical (unpaired) electrons. The van der Waals surface area contributed by atoms with Crippen molar-refractivity contribution in [2.24, 2.45) is 0 Å². The average Bonchev–Trinajstić information content (AvgIpc) is 2.45. The van der Waals surface area contributed by atoms with Crippen LogP contribution in [0.4, 0.5) is 10.5 Å². The Morgan fingerprint density at radius 3 is 2.33 bits per heavy atom. The minimum atomic E-state index is -0.170. The summed E-state index contributed by atoms with van der Waals surface area (Å²) >= 11 is 0. The zero-order valence-corrected chi connectivity index (χ0v) is 13.7. The molecule has 0 aliphatic rings. The van der Waals surface area contributed by atoms with Gasteiger partial charge in [-0.2, -0.15) is 0 Å². The lowest BCUT2D eigenvalue weighted by Crippen LogP contribution is -2.40. The van der Waals surface area contributed by atoms with Crippen molar-refractivity contribution in [3.05, 3.63) is 29.8 Å². The number of hydrogen-bond acceptors (Lipinski definition) is 3. The standard InChI is InChI=1S/C16H28N4O/c1-6-17-13(3)14-7-9-15(10-8-14)19-16(21)18-11-12(2)20(4)5/h7-10,12-13,17H,6,11H2,1-5H3,(H2,18,19,21). The SMILES string of the molecule is CCNC(C)c1ccc(NC(=O)NCC(C)N(C)C)cc1. The Bertz CT molecular complexity index is 430. The van der Waals surface area contributed by atoms with E-state index in [2.05, 4.69) is 41.6 Å². The molecule has 0 spiro atoms. The fourth-order valence-corrected chi connectivity index (χ4v) is 1.88. The van der Waals surface area contributed by atoms with Crippen LogP contribution in [0, 0.1) is 0 Å². The second-order valence-corrected chi connectivity index (χ2v) is 5.55. The van der Waals surface area contributed by atoms with Gasteiger partial charge in [0.15, 0.2) is 0 Å². The molecule has 0 aliphatic heterocycles. The molecule has 0 saturated carbocycles. The summed E-state index contributed by atoms with van der Waals surface area (Å²) in [6.45, 7) is 7.84. The molecule has 5 nitrogen and oxygen atoms in total. The van der Waals surface area contributed by atoms with Crippen LogP contribution in [0.15, 0.2) is 24.3 Å². The maximum absolute atomic E-state index is 11.8. The Hall–Kier alpha value is -1.59. The molecular formula is C16H28N4O. The molecule has 0 heterocycles. The van der Waals surface area contributed by atoms with Crippen molar-refractivity contribution in [2.45, 2.75) is 32.9 Å². The van der Waals surface area contributed by atoms with Gasteiger partial charge in [-0.15, -0.1) is 0 Å². The van der Waals surface area contributed by atoms with Gasteiger partial charge in [0.2, 0.25) is 0 Å². The summed E-state index contributed by atoms with van der Waals surface area (Å²) in [5.41, 5.74) is 2.02. The first-order chi connectivity index (χ1) is 9.93. The van der Waals surface area contributed by atoms with E-state index in [1.807, 2.05) is 38.4 Å². The summed E-state index contributed by atoms with van der Waals surface area (Å²) in [7, 11) is 3.99. The normalized spacial score (nSPS) is 13.8. The number of benzene rings is 1. The Labute approximate surface area is 128 Å². The number of nitrogens with zero attached hydrogens (tertiary/aromatic N) is 1. The Kier molecular flexibility index (Phi) is 7.19. The molecule has 2 amide bonds. The van der Waals surface area contributed by atoms with Crippen molar-refractivity contribution >= 4 is 11.7 Å². The van der Waals surface area contributed by atoms with Crippen LogP contribution in [0.5, 0.6) is 0 Å². The van der Waals surface area contributed by atoms with Gasteiger partial charge in [-0.05, 0) is 52.2 Å². The number of carbonyl (C=O) groups excluding carboxylic acids is 1. The first-order valence-corrected chi connectivity index (χ1v) is 7.48. The van der Waals surface area contributed by atoms with E-state index in [-0.39, 0.29) is 6.03 Å². The van der Waals surface area contributed by atoms with Gasteiger partial charge < -0.3 is 20.9 Å². The quantitative estimate of drug-likeness (QED) is 0.723. The lowest BCUT2D eigenvalue weighted by Gasteiger charge is -2.20. The fourth-order valence-electron chi connectivity index (χ4n) is 1.88. The van der Waals surface area contributed by atoms with Crippen LogP contribution in [0.2, 0.25) is 0 Å². The first-order valence-electron chi connectivity index (χ1n) is 7.48. The maximum atomic E-state index is 11.8. The van der Waals surface area contributed by atoms with Gasteiger partial charge in [0.1, 0.15) is 0 Å². The van der Waals surface area contributed by atoms with Crippen molar-refractivity contribution in [2.75, 3.05) is 32.5 Å². The second kappa shape index (κ2) is 8.64. The highest BCUT2D eigenvalue weighted by Gasteiger charge is 2.08. The summed E-state index contributed by atoms with van der Waals surface area (Å²) < 4.78 is 0. The number of amides is 2. The van der Waals surface area contributed by atoms with E-state index in [1.54, 1.807) is 0 Å². The minimum Gasteiger partial charge on any atom is -0.336 e. The molecule has 0 bridgehead atoms. The monoisotopic (exact) mass is 292 g/mol. The van der Waals surface area contributed by atoms with Gasteiger partial charge >= 0.3 is 6.03 Å². The zero-order chi connectivity index (χ0) is 15.8. The predicted octanol–water partition coefficient (Wildman–Crippen LogP) is 2.43. The van der Waals surface area contributed by atoms with Crippen molar-refractivity contribution in [1.82, 2.24) is 15.5 Å². The van der Waals surface area contributed by atoms with E-state index in [0.29, 0.717) is 18.6 Å². The lowest BCUT2D eigenvalue weighted by atomic mass is 10.1. The van der Waals surface area contributed by atoms with E-state index in [1.165, 1.54) is 5.56 Å². The highest BCUT2D eigenvalue weighted by atomic mass is 16.2. The molecular weight excluding hydrogens is 264 g/mol. The maximum Gasteiger partial charge on any atom is 0.319 e. The zero-order valence-electron chi connectivity index (χ0n) is 13.7. The molecule has 0 aliphatic carbocycles. The van der Waals surface area contributed by atoms with Gasteiger partial charge in [0, 0.05) is 24.3 Å². The molecule has 2 atom stereocenters. The van der Waals surface area contributed by atoms with Crippen LogP contribution in [-0.2, 0) is 0 Å². The van der Waals surface area contributed by atoms with Crippen LogP contribution >= 0.6 is 0 Å². The van der Waals surface area contributed by atoms with Crippen LogP contribution in [0.25, 0.3) is 0 Å². The third-order valence-corrected chi connectivity index (χ3v) is 3.62. The third-order valence-electron chi connectivity index (χ3n) is 3.62. The van der Waals surface area contributed by atoms with E-state index in [0.717, 1.165) is 12.2 Å². The highest BCUT2D eigenvalue weighted by molar-refractivity contribution is 5.89. The van der Waals surface area contributed by atoms with Gasteiger partial charge in [0.25, 0.3) is 0 Å². The molecule has 3 N–H and O–H groups in total. The average molecular weight is 292 g/mol. The topological polar surface area (TPSA) is 56.4 Å². The van der Waals surface area contributed by atoms with Gasteiger partial charge in [-0.3, -0.25) is 0 Å². The molecule has 5 heteroatoms. The number of carbonyl (C=O) groups is 1. The number of rotatable bonds is 7. The number of likely N-dealkylation sites (N-methyl/N-ethyl adjacent to an activating group) is 1. The van der Waals surface area contributed by atoms with Crippen molar-refractivity contribution in [3.8, 4) is 0 Å². The minimum absolute atomic E-state index is 0.170. The van der Waals surface area contributed by atoms with E-state index in [9.17, 15) is 4.79 Å². The Morgan fingerprint density at radius 1 is 1.19 bits per heavy atom. The Balaban J connectivity index is 2.46. The number of nitrogens with one attached hydrogen (secondary N) is 3. The molecule has 1 aromatic rings. The molecule has 0 aromatic heterocycles. The number of urea groups is 1. The van der Waals surface area contributed by atoms with Crippen LogP contribution in [0.1, 0.15) is 32.4 Å². The fraction of sp³-hybridized carbons (Fsp3) is 0.562. The van der Waals surface area contributed by atoms with Crippen molar-refractivity contribution in [3.63, 3.8) is 0 Å². The van der Waals surface area contributed by atoms with Crippen LogP contribution in [-0.4, -0.2) is 44.2 Å². The summed E-state index contributed by atoms with van der Waals surface area (Å²) in [5.74, 6) is 0. The van der Waals surface area contributed by atoms with Gasteiger partial charge in [0.05, 0.1) is 0 Å². The summed E-state index contributed by atoms with van der Waals surface area (Å²) in [6.07, 6.45) is 0. The van der Waals surface area contributed by atoms with E-state index in [4.69, 9.17) is 0 Å². The lowest BCUT2D eigenvalue weighted by molar-refractivity contribution is 0.245. The highest BCUT2D eigenvalue weighted by Crippen LogP contribution is 2.15. The second-order valence-electron chi connectivity index (χ2n) is 5.55. The molecule has 118 valence electrons. The number of anilines is 1. The van der Waals surface area contributed by atoms with E-state index < -0.39 is 0 Å². The van der Waals surface area contributed by atoms with Crippen LogP contribution < -0.4 is 16.0 Å². The largest absolute Gasteiger partial charge is 0.336 e.